The van der Waals surface area contributed by atoms with E-state index < -0.39 is 24.1 Å². The van der Waals surface area contributed by atoms with Gasteiger partial charge < -0.3 is 42.6 Å². The number of fused-ring (bicyclic) bond motifs is 1. The third-order valence-corrected chi connectivity index (χ3v) is 14.2. The minimum absolute atomic E-state index is 0.165. The Morgan fingerprint density at radius 3 is 1.20 bits per heavy atom. The van der Waals surface area contributed by atoms with E-state index >= 15 is 4.79 Å². The van der Waals surface area contributed by atoms with Crippen LogP contribution in [0.2, 0.25) is 0 Å². The first-order valence-electron chi connectivity index (χ1n) is 28.2. The predicted octanol–water partition coefficient (Wildman–Crippen LogP) is 16.8. The highest BCUT2D eigenvalue weighted by atomic mass is 16.6. The topological polar surface area (TPSA) is 100 Å². The number of allylic oxidation sites excluding steroid dienone is 1. The third-order valence-electron chi connectivity index (χ3n) is 14.2. The van der Waals surface area contributed by atoms with Gasteiger partial charge in [0.25, 0.3) is 0 Å². The molecule has 84 heavy (non-hydrogen) atoms. The zero-order valence-corrected chi connectivity index (χ0v) is 46.7. The standard InChI is InChI=1S/C74H64O10/c1-2-24-63-70-66(79-49-56-31-16-6-17-32-56)44-62(76-46-53-25-10-3-11-26-53)45-67(70)83-71(60-39-40-64(77-47-54-27-12-4-13-28-54)65(41-60)78-48-55-29-14-5-15-30-55)72(63)84-74(75)61-42-68(80-50-57-33-18-7-19-34-57)73(82-52-59-37-22-9-23-38-59)69(43-61)81-51-58-35-20-8-21-36-58/h2-45,63,71-72H,46-52H2,1H3/b24-2+/t63-,71+,72-/m0/s1. The van der Waals surface area contributed by atoms with Crippen LogP contribution >= 0.6 is 0 Å². The monoisotopic (exact) mass is 1110 g/mol. The number of ether oxygens (including phenoxy) is 9. The molecule has 1 heterocycles. The summed E-state index contributed by atoms with van der Waals surface area (Å²) >= 11 is 0. The van der Waals surface area contributed by atoms with Gasteiger partial charge in [-0.15, -0.1) is 0 Å². The quantitative estimate of drug-likeness (QED) is 0.0406. The minimum atomic E-state index is -1.02. The number of hydrogen-bond donors (Lipinski definition) is 0. The molecule has 0 N–H and O–H groups in total. The summed E-state index contributed by atoms with van der Waals surface area (Å²) in [5, 5.41) is 0. The lowest BCUT2D eigenvalue weighted by atomic mass is 9.83. The van der Waals surface area contributed by atoms with Crippen LogP contribution in [-0.4, -0.2) is 12.1 Å². The zero-order valence-electron chi connectivity index (χ0n) is 46.7. The van der Waals surface area contributed by atoms with Crippen LogP contribution in [0.3, 0.4) is 0 Å². The molecule has 0 aliphatic carbocycles. The molecular weight excluding hydrogens is 1050 g/mol. The summed E-state index contributed by atoms with van der Waals surface area (Å²) in [4.78, 5) is 15.6. The number of carbonyl (C=O) groups excluding carboxylic acids is 1. The highest BCUT2D eigenvalue weighted by Gasteiger charge is 2.44. The maximum Gasteiger partial charge on any atom is 0.338 e. The van der Waals surface area contributed by atoms with Crippen molar-refractivity contribution >= 4 is 5.97 Å². The SMILES string of the molecule is C/C=C/[C@H]1c2c(OCc3ccccc3)cc(OCc3ccccc3)cc2O[C@H](c2ccc(OCc3ccccc3)c(OCc3ccccc3)c2)[C@H]1OC(=O)c1cc(OCc2ccccc2)c(OCc2ccccc2)c(OCc2ccccc2)c1. The Morgan fingerprint density at radius 1 is 0.393 bits per heavy atom. The van der Waals surface area contributed by atoms with Crippen molar-refractivity contribution in [2.45, 2.75) is 71.3 Å². The molecule has 0 aromatic heterocycles. The van der Waals surface area contributed by atoms with Crippen LogP contribution in [-0.2, 0) is 51.0 Å². The fourth-order valence-electron chi connectivity index (χ4n) is 9.89. The van der Waals surface area contributed by atoms with E-state index in [1.165, 1.54) is 0 Å². The average molecular weight is 1110 g/mol. The van der Waals surface area contributed by atoms with Crippen LogP contribution in [0.15, 0.2) is 267 Å². The molecule has 0 bridgehead atoms. The van der Waals surface area contributed by atoms with E-state index in [9.17, 15) is 0 Å². The number of carbonyl (C=O) groups is 1. The van der Waals surface area contributed by atoms with Gasteiger partial charge in [-0.3, -0.25) is 0 Å². The van der Waals surface area contributed by atoms with Crippen molar-refractivity contribution in [1.82, 2.24) is 0 Å². The largest absolute Gasteiger partial charge is 0.489 e. The van der Waals surface area contributed by atoms with Gasteiger partial charge in [0, 0.05) is 23.3 Å². The second-order valence-corrected chi connectivity index (χ2v) is 20.2. The van der Waals surface area contributed by atoms with Crippen LogP contribution in [0, 0.1) is 0 Å². The minimum Gasteiger partial charge on any atom is -0.489 e. The van der Waals surface area contributed by atoms with Gasteiger partial charge in [0.15, 0.2) is 35.2 Å². The Balaban J connectivity index is 1.03. The molecule has 10 aromatic carbocycles. The Bertz CT molecular complexity index is 3650. The molecule has 0 saturated carbocycles. The summed E-state index contributed by atoms with van der Waals surface area (Å²) in [7, 11) is 0. The molecule has 3 atom stereocenters. The van der Waals surface area contributed by atoms with Gasteiger partial charge in [0.2, 0.25) is 5.75 Å². The van der Waals surface area contributed by atoms with E-state index in [4.69, 9.17) is 42.6 Å². The Labute approximate surface area is 491 Å². The molecule has 0 radical (unpaired) electrons. The summed E-state index contributed by atoms with van der Waals surface area (Å²) in [6.07, 6.45) is 2.02. The lowest BCUT2D eigenvalue weighted by Crippen LogP contribution is -2.38. The first-order valence-corrected chi connectivity index (χ1v) is 28.2. The van der Waals surface area contributed by atoms with Gasteiger partial charge in [0.1, 0.15) is 63.5 Å². The highest BCUT2D eigenvalue weighted by Crippen LogP contribution is 2.52. The van der Waals surface area contributed by atoms with E-state index in [0.29, 0.717) is 70.3 Å². The summed E-state index contributed by atoms with van der Waals surface area (Å²) in [5.74, 6) is 2.18. The molecule has 10 aromatic rings. The lowest BCUT2D eigenvalue weighted by Gasteiger charge is -2.39. The first-order chi connectivity index (χ1) is 41.5. The number of esters is 1. The predicted molar refractivity (Wildman–Crippen MR) is 325 cm³/mol. The molecule has 0 spiro atoms. The third kappa shape index (κ3) is 14.6. The van der Waals surface area contributed by atoms with Crippen LogP contribution in [0.5, 0.6) is 46.0 Å². The number of rotatable bonds is 25. The van der Waals surface area contributed by atoms with Gasteiger partial charge in [-0.2, -0.15) is 0 Å². The van der Waals surface area contributed by atoms with E-state index in [2.05, 4.69) is 0 Å². The second kappa shape index (κ2) is 28.0. The molecule has 10 nitrogen and oxygen atoms in total. The second-order valence-electron chi connectivity index (χ2n) is 20.2. The maximum absolute atomic E-state index is 15.6. The molecule has 0 unspecified atom stereocenters. The van der Waals surface area contributed by atoms with E-state index in [-0.39, 0.29) is 38.6 Å². The first kappa shape index (κ1) is 55.7. The molecule has 11 rings (SSSR count). The van der Waals surface area contributed by atoms with E-state index in [0.717, 1.165) is 38.9 Å². The molecular formula is C74H64O10. The summed E-state index contributed by atoms with van der Waals surface area (Å²) in [6, 6.07) is 82.2. The molecule has 1 aliphatic heterocycles. The van der Waals surface area contributed by atoms with Crippen LogP contribution in [0.4, 0.5) is 0 Å². The molecule has 10 heteroatoms. The molecule has 1 aliphatic rings. The van der Waals surface area contributed by atoms with Crippen molar-refractivity contribution in [3.8, 4) is 46.0 Å². The van der Waals surface area contributed by atoms with Gasteiger partial charge in [-0.1, -0.05) is 231 Å². The highest BCUT2D eigenvalue weighted by molar-refractivity contribution is 5.91. The van der Waals surface area contributed by atoms with E-state index in [1.54, 1.807) is 12.1 Å². The number of benzene rings is 10. The Morgan fingerprint density at radius 2 is 0.774 bits per heavy atom. The molecule has 0 saturated heterocycles. The van der Waals surface area contributed by atoms with Crippen molar-refractivity contribution in [3.05, 3.63) is 323 Å². The summed E-state index contributed by atoms with van der Waals surface area (Å²) < 4.78 is 60.8. The molecule has 420 valence electrons. The lowest BCUT2D eigenvalue weighted by molar-refractivity contribution is -0.0260. The van der Waals surface area contributed by atoms with Crippen molar-refractivity contribution in [2.75, 3.05) is 0 Å². The molecule has 0 amide bonds. The fraction of sp³-hybridized carbons (Fsp3) is 0.149. The van der Waals surface area contributed by atoms with Crippen molar-refractivity contribution in [3.63, 3.8) is 0 Å². The zero-order chi connectivity index (χ0) is 57.1. The van der Waals surface area contributed by atoms with Crippen molar-refractivity contribution < 1.29 is 47.4 Å². The Hall–Kier alpha value is -10.2. The number of hydrogen-bond acceptors (Lipinski definition) is 10. The van der Waals surface area contributed by atoms with Crippen molar-refractivity contribution in [2.24, 2.45) is 0 Å². The van der Waals surface area contributed by atoms with Gasteiger partial charge in [-0.05, 0) is 70.1 Å². The van der Waals surface area contributed by atoms with Gasteiger partial charge in [0.05, 0.1) is 11.5 Å². The summed E-state index contributed by atoms with van der Waals surface area (Å²) in [6.45, 7) is 3.63. The average Bonchev–Trinajstić information content (AvgIpc) is 2.15. The van der Waals surface area contributed by atoms with Gasteiger partial charge >= 0.3 is 5.97 Å². The van der Waals surface area contributed by atoms with Gasteiger partial charge in [-0.25, -0.2) is 4.79 Å². The van der Waals surface area contributed by atoms with Crippen LogP contribution < -0.4 is 37.9 Å². The van der Waals surface area contributed by atoms with Crippen molar-refractivity contribution in [1.29, 1.82) is 0 Å². The fourth-order valence-corrected chi connectivity index (χ4v) is 9.89. The maximum atomic E-state index is 15.6. The van der Waals surface area contributed by atoms with Crippen LogP contribution in [0.25, 0.3) is 0 Å². The normalized spacial score (nSPS) is 14.3. The van der Waals surface area contributed by atoms with E-state index in [1.807, 2.05) is 262 Å². The Kier molecular flexibility index (Phi) is 18.6. The summed E-state index contributed by atoms with van der Waals surface area (Å²) in [5.41, 5.74) is 8.21. The van der Waals surface area contributed by atoms with Crippen LogP contribution in [0.1, 0.15) is 79.4 Å². The smallest absolute Gasteiger partial charge is 0.338 e. The molecule has 0 fully saturated rings.